The Hall–Kier alpha value is -2.13. The first kappa shape index (κ1) is 14.8. The van der Waals surface area contributed by atoms with E-state index < -0.39 is 0 Å². The lowest BCUT2D eigenvalue weighted by Crippen LogP contribution is -1.94. The predicted molar refractivity (Wildman–Crippen MR) is 93.2 cm³/mol. The van der Waals surface area contributed by atoms with Crippen LogP contribution in [0.3, 0.4) is 0 Å². The summed E-state index contributed by atoms with van der Waals surface area (Å²) >= 11 is 1.65. The van der Waals surface area contributed by atoms with Gasteiger partial charge in [0.25, 0.3) is 0 Å². The molecule has 0 fully saturated rings. The van der Waals surface area contributed by atoms with Gasteiger partial charge >= 0.3 is 0 Å². The quantitative estimate of drug-likeness (QED) is 0.623. The molecule has 0 aliphatic heterocycles. The van der Waals surface area contributed by atoms with Crippen LogP contribution < -0.4 is 0 Å². The van der Waals surface area contributed by atoms with Crippen molar-refractivity contribution in [2.75, 3.05) is 5.75 Å². The van der Waals surface area contributed by atoms with E-state index >= 15 is 0 Å². The van der Waals surface area contributed by atoms with Crippen molar-refractivity contribution in [2.45, 2.75) is 18.4 Å². The summed E-state index contributed by atoms with van der Waals surface area (Å²) in [6.45, 7) is 1.63. The maximum absolute atomic E-state index is 11.2. The Morgan fingerprint density at radius 1 is 1.05 bits per heavy atom. The lowest BCUT2D eigenvalue weighted by Gasteiger charge is -2.10. The Kier molecular flexibility index (Phi) is 4.54. The maximum atomic E-state index is 11.2. The summed E-state index contributed by atoms with van der Waals surface area (Å²) in [5.41, 5.74) is 3.28. The molecule has 0 unspecified atom stereocenters. The van der Waals surface area contributed by atoms with Gasteiger partial charge in [-0.2, -0.15) is 0 Å². The van der Waals surface area contributed by atoms with Crippen molar-refractivity contribution in [1.29, 1.82) is 0 Å². The van der Waals surface area contributed by atoms with Crippen molar-refractivity contribution in [3.05, 3.63) is 60.7 Å². The second kappa shape index (κ2) is 6.75. The molecule has 0 saturated carbocycles. The van der Waals surface area contributed by atoms with Crippen LogP contribution in [-0.4, -0.2) is 16.5 Å². The number of fused-ring (bicyclic) bond motifs is 1. The van der Waals surface area contributed by atoms with Gasteiger partial charge in [-0.25, -0.2) is 4.98 Å². The SMILES string of the molecule is CC(=O)CCSc1nc2ccccc2cc1-c1ccccc1. The van der Waals surface area contributed by atoms with Gasteiger partial charge in [0, 0.05) is 23.1 Å². The third kappa shape index (κ3) is 3.37. The van der Waals surface area contributed by atoms with Crippen LogP contribution in [0.4, 0.5) is 0 Å². The van der Waals surface area contributed by atoms with E-state index in [0.29, 0.717) is 6.42 Å². The number of para-hydroxylation sites is 1. The van der Waals surface area contributed by atoms with Crippen molar-refractivity contribution in [1.82, 2.24) is 4.98 Å². The molecule has 3 aromatic rings. The summed E-state index contributed by atoms with van der Waals surface area (Å²) < 4.78 is 0. The standard InChI is InChI=1S/C19H17NOS/c1-14(21)11-12-22-19-17(15-7-3-2-4-8-15)13-16-9-5-6-10-18(16)20-19/h2-10,13H,11-12H2,1H3. The molecular weight excluding hydrogens is 290 g/mol. The molecule has 2 aromatic carbocycles. The number of Topliss-reactive ketones (excluding diaryl/α,β-unsaturated/α-hetero) is 1. The zero-order valence-corrected chi connectivity index (χ0v) is 13.3. The molecule has 0 bridgehead atoms. The zero-order valence-electron chi connectivity index (χ0n) is 12.5. The number of hydrogen-bond acceptors (Lipinski definition) is 3. The number of carbonyl (C=O) groups excluding carboxylic acids is 1. The Bertz CT molecular complexity index is 799. The summed E-state index contributed by atoms with van der Waals surface area (Å²) in [6, 6.07) is 20.6. The molecule has 0 atom stereocenters. The minimum atomic E-state index is 0.217. The van der Waals surface area contributed by atoms with E-state index in [2.05, 4.69) is 24.3 Å². The fourth-order valence-electron chi connectivity index (χ4n) is 2.32. The van der Waals surface area contributed by atoms with E-state index in [0.717, 1.165) is 32.8 Å². The summed E-state index contributed by atoms with van der Waals surface area (Å²) in [6.07, 6.45) is 0.577. The van der Waals surface area contributed by atoms with Gasteiger partial charge in [0.2, 0.25) is 0 Å². The highest BCUT2D eigenvalue weighted by molar-refractivity contribution is 7.99. The first-order chi connectivity index (χ1) is 10.7. The third-order valence-electron chi connectivity index (χ3n) is 3.47. The van der Waals surface area contributed by atoms with E-state index in [1.165, 1.54) is 0 Å². The molecule has 0 radical (unpaired) electrons. The van der Waals surface area contributed by atoms with E-state index in [1.807, 2.05) is 36.4 Å². The topological polar surface area (TPSA) is 30.0 Å². The van der Waals surface area contributed by atoms with Crippen molar-refractivity contribution in [3.63, 3.8) is 0 Å². The Morgan fingerprint density at radius 3 is 2.55 bits per heavy atom. The van der Waals surface area contributed by atoms with Gasteiger partial charge in [-0.05, 0) is 24.6 Å². The van der Waals surface area contributed by atoms with Gasteiger partial charge in [0.15, 0.2) is 0 Å². The van der Waals surface area contributed by atoms with Gasteiger partial charge in [0.05, 0.1) is 5.52 Å². The van der Waals surface area contributed by atoms with Crippen LogP contribution >= 0.6 is 11.8 Å². The minimum Gasteiger partial charge on any atom is -0.300 e. The maximum Gasteiger partial charge on any atom is 0.130 e. The fraction of sp³-hybridized carbons (Fsp3) is 0.158. The van der Waals surface area contributed by atoms with Crippen LogP contribution in [-0.2, 0) is 4.79 Å². The lowest BCUT2D eigenvalue weighted by molar-refractivity contribution is -0.116. The monoisotopic (exact) mass is 307 g/mol. The zero-order chi connectivity index (χ0) is 15.4. The number of thioether (sulfide) groups is 1. The van der Waals surface area contributed by atoms with Crippen molar-refractivity contribution in [3.8, 4) is 11.1 Å². The molecule has 110 valence electrons. The smallest absolute Gasteiger partial charge is 0.130 e. The van der Waals surface area contributed by atoms with Crippen LogP contribution in [0.25, 0.3) is 22.0 Å². The highest BCUT2D eigenvalue weighted by atomic mass is 32.2. The molecule has 1 aromatic heterocycles. The van der Waals surface area contributed by atoms with Crippen LogP contribution in [0.1, 0.15) is 13.3 Å². The van der Waals surface area contributed by atoms with Crippen molar-refractivity contribution >= 4 is 28.4 Å². The van der Waals surface area contributed by atoms with E-state index in [4.69, 9.17) is 4.98 Å². The lowest BCUT2D eigenvalue weighted by atomic mass is 10.1. The number of rotatable bonds is 5. The molecule has 3 rings (SSSR count). The Morgan fingerprint density at radius 2 is 1.77 bits per heavy atom. The first-order valence-corrected chi connectivity index (χ1v) is 8.30. The van der Waals surface area contributed by atoms with E-state index in [9.17, 15) is 4.79 Å². The third-order valence-corrected chi connectivity index (χ3v) is 4.46. The average molecular weight is 307 g/mol. The van der Waals surface area contributed by atoms with Crippen molar-refractivity contribution < 1.29 is 4.79 Å². The van der Waals surface area contributed by atoms with E-state index in [1.54, 1.807) is 18.7 Å². The fourth-order valence-corrected chi connectivity index (χ4v) is 3.40. The van der Waals surface area contributed by atoms with E-state index in [-0.39, 0.29) is 5.78 Å². The summed E-state index contributed by atoms with van der Waals surface area (Å²) in [5.74, 6) is 0.982. The van der Waals surface area contributed by atoms with Gasteiger partial charge in [-0.3, -0.25) is 4.79 Å². The first-order valence-electron chi connectivity index (χ1n) is 7.31. The van der Waals surface area contributed by atoms with Gasteiger partial charge in [-0.1, -0.05) is 48.5 Å². The molecule has 3 heteroatoms. The molecule has 2 nitrogen and oxygen atoms in total. The summed E-state index contributed by atoms with van der Waals surface area (Å²) in [7, 11) is 0. The molecule has 1 heterocycles. The molecular formula is C19H17NOS. The highest BCUT2D eigenvalue weighted by Crippen LogP contribution is 2.33. The Balaban J connectivity index is 2.04. The molecule has 0 aliphatic rings. The number of carbonyl (C=O) groups is 1. The molecule has 0 saturated heterocycles. The highest BCUT2D eigenvalue weighted by Gasteiger charge is 2.10. The second-order valence-electron chi connectivity index (χ2n) is 5.20. The number of benzene rings is 2. The van der Waals surface area contributed by atoms with Crippen LogP contribution in [0.15, 0.2) is 65.7 Å². The summed E-state index contributed by atoms with van der Waals surface area (Å²) in [5, 5.41) is 2.13. The van der Waals surface area contributed by atoms with Gasteiger partial charge in [-0.15, -0.1) is 11.8 Å². The number of hydrogen-bond donors (Lipinski definition) is 0. The molecule has 0 spiro atoms. The number of nitrogens with zero attached hydrogens (tertiary/aromatic N) is 1. The molecule has 0 aliphatic carbocycles. The van der Waals surface area contributed by atoms with Crippen molar-refractivity contribution in [2.24, 2.45) is 0 Å². The van der Waals surface area contributed by atoms with Gasteiger partial charge < -0.3 is 0 Å². The largest absolute Gasteiger partial charge is 0.300 e. The minimum absolute atomic E-state index is 0.217. The second-order valence-corrected chi connectivity index (χ2v) is 6.28. The average Bonchev–Trinajstić information content (AvgIpc) is 2.54. The predicted octanol–water partition coefficient (Wildman–Crippen LogP) is 4.97. The number of ketones is 1. The van der Waals surface area contributed by atoms with Crippen LogP contribution in [0, 0.1) is 0 Å². The molecule has 0 amide bonds. The number of aromatic nitrogens is 1. The van der Waals surface area contributed by atoms with Crippen LogP contribution in [0.2, 0.25) is 0 Å². The van der Waals surface area contributed by atoms with Crippen LogP contribution in [0.5, 0.6) is 0 Å². The Labute approximate surface area is 134 Å². The summed E-state index contributed by atoms with van der Waals surface area (Å²) in [4.78, 5) is 16.0. The van der Waals surface area contributed by atoms with Gasteiger partial charge in [0.1, 0.15) is 10.8 Å². The molecule has 22 heavy (non-hydrogen) atoms. The number of pyridine rings is 1. The normalized spacial score (nSPS) is 10.8. The molecule has 0 N–H and O–H groups in total.